The first kappa shape index (κ1) is 20.1. The van der Waals surface area contributed by atoms with Gasteiger partial charge < -0.3 is 14.8 Å². The Morgan fingerprint density at radius 3 is 2.17 bits per heavy atom. The van der Waals surface area contributed by atoms with Gasteiger partial charge in [-0.05, 0) is 30.2 Å². The molecule has 1 N–H and O–H groups in total. The van der Waals surface area contributed by atoms with Crippen LogP contribution in [-0.2, 0) is 14.3 Å². The number of para-hydroxylation sites is 2. The average molecular weight is 389 g/mol. The van der Waals surface area contributed by atoms with Crippen molar-refractivity contribution < 1.29 is 19.1 Å². The lowest BCUT2D eigenvalue weighted by atomic mass is 10.0. The lowest BCUT2D eigenvalue weighted by Gasteiger charge is -2.16. The number of esters is 1. The Kier molecular flexibility index (Phi) is 7.00. The number of carbonyl (C=O) groups is 2. The van der Waals surface area contributed by atoms with E-state index < -0.39 is 18.0 Å². The van der Waals surface area contributed by atoms with E-state index in [9.17, 15) is 9.59 Å². The van der Waals surface area contributed by atoms with E-state index in [-0.39, 0.29) is 6.61 Å². The molecule has 148 valence electrons. The zero-order valence-electron chi connectivity index (χ0n) is 16.2. The fraction of sp³-hybridized carbons (Fsp3) is 0.167. The highest BCUT2D eigenvalue weighted by Crippen LogP contribution is 2.27. The summed E-state index contributed by atoms with van der Waals surface area (Å²) < 4.78 is 10.8. The minimum Gasteiger partial charge on any atom is -0.479 e. The maximum atomic E-state index is 12.3. The van der Waals surface area contributed by atoms with Gasteiger partial charge in [0.1, 0.15) is 5.75 Å². The summed E-state index contributed by atoms with van der Waals surface area (Å²) in [5.41, 5.74) is 2.54. The molecule has 0 aliphatic carbocycles. The van der Waals surface area contributed by atoms with Gasteiger partial charge in [-0.1, -0.05) is 73.7 Å². The van der Waals surface area contributed by atoms with E-state index in [1.54, 1.807) is 12.1 Å². The van der Waals surface area contributed by atoms with Gasteiger partial charge in [-0.2, -0.15) is 0 Å². The Balaban J connectivity index is 1.58. The Hall–Kier alpha value is -3.60. The van der Waals surface area contributed by atoms with Gasteiger partial charge in [-0.25, -0.2) is 4.79 Å². The number of nitrogens with one attached hydrogen (secondary N) is 1. The standard InChI is InChI=1S/C24H23NO4/c1-2-22(29-19-13-7-4-8-14-19)24(27)28-17-23(26)25-21-16-10-9-15-20(21)18-11-5-3-6-12-18/h3-16,22H,2,17H2,1H3,(H,25,26)/t22-/m0/s1. The van der Waals surface area contributed by atoms with E-state index in [0.29, 0.717) is 17.9 Å². The lowest BCUT2D eigenvalue weighted by molar-refractivity contribution is -0.154. The Morgan fingerprint density at radius 2 is 1.48 bits per heavy atom. The van der Waals surface area contributed by atoms with Crippen molar-refractivity contribution in [2.45, 2.75) is 19.4 Å². The lowest BCUT2D eigenvalue weighted by Crippen LogP contribution is -2.31. The van der Waals surface area contributed by atoms with Crippen molar-refractivity contribution in [1.82, 2.24) is 0 Å². The molecule has 5 nitrogen and oxygen atoms in total. The van der Waals surface area contributed by atoms with Crippen LogP contribution in [0, 0.1) is 0 Å². The fourth-order valence-electron chi connectivity index (χ4n) is 2.84. The molecule has 0 aromatic heterocycles. The monoisotopic (exact) mass is 389 g/mol. The molecular formula is C24H23NO4. The largest absolute Gasteiger partial charge is 0.479 e. The third-order valence-electron chi connectivity index (χ3n) is 4.29. The molecule has 0 bridgehead atoms. The molecule has 3 aromatic carbocycles. The smallest absolute Gasteiger partial charge is 0.347 e. The number of rotatable bonds is 8. The van der Waals surface area contributed by atoms with Gasteiger partial charge >= 0.3 is 5.97 Å². The van der Waals surface area contributed by atoms with Crippen LogP contribution in [0.1, 0.15) is 13.3 Å². The first-order valence-electron chi connectivity index (χ1n) is 9.50. The molecule has 0 unspecified atom stereocenters. The van der Waals surface area contributed by atoms with E-state index in [4.69, 9.17) is 9.47 Å². The van der Waals surface area contributed by atoms with E-state index in [2.05, 4.69) is 5.32 Å². The molecular weight excluding hydrogens is 366 g/mol. The molecule has 3 aromatic rings. The molecule has 0 saturated carbocycles. The minimum atomic E-state index is -0.762. The number of anilines is 1. The summed E-state index contributed by atoms with van der Waals surface area (Å²) in [7, 11) is 0. The molecule has 0 aliphatic heterocycles. The Labute approximate surface area is 170 Å². The van der Waals surface area contributed by atoms with Gasteiger partial charge in [0.15, 0.2) is 12.7 Å². The maximum Gasteiger partial charge on any atom is 0.347 e. The van der Waals surface area contributed by atoms with Crippen molar-refractivity contribution in [1.29, 1.82) is 0 Å². The summed E-state index contributed by atoms with van der Waals surface area (Å²) in [6.07, 6.45) is -0.326. The van der Waals surface area contributed by atoms with Crippen molar-refractivity contribution in [2.24, 2.45) is 0 Å². The summed E-state index contributed by atoms with van der Waals surface area (Å²) in [4.78, 5) is 24.6. The SMILES string of the molecule is CC[C@H](Oc1ccccc1)C(=O)OCC(=O)Nc1ccccc1-c1ccccc1. The average Bonchev–Trinajstić information content (AvgIpc) is 2.77. The molecule has 0 radical (unpaired) electrons. The van der Waals surface area contributed by atoms with Gasteiger partial charge in [-0.3, -0.25) is 4.79 Å². The second kappa shape index (κ2) is 10.1. The van der Waals surface area contributed by atoms with Crippen molar-refractivity contribution in [3.63, 3.8) is 0 Å². The number of amides is 1. The van der Waals surface area contributed by atoms with Crippen molar-refractivity contribution in [3.05, 3.63) is 84.9 Å². The predicted octanol–water partition coefficient (Wildman–Crippen LogP) is 4.69. The number of hydrogen-bond acceptors (Lipinski definition) is 4. The Bertz CT molecular complexity index is 941. The number of benzene rings is 3. The zero-order chi connectivity index (χ0) is 20.5. The molecule has 0 spiro atoms. The van der Waals surface area contributed by atoms with Gasteiger partial charge in [0, 0.05) is 11.3 Å². The maximum absolute atomic E-state index is 12.3. The van der Waals surface area contributed by atoms with Crippen LogP contribution in [0.2, 0.25) is 0 Å². The fourth-order valence-corrected chi connectivity index (χ4v) is 2.84. The van der Waals surface area contributed by atoms with Crippen LogP contribution in [0.4, 0.5) is 5.69 Å². The van der Waals surface area contributed by atoms with Crippen LogP contribution < -0.4 is 10.1 Å². The summed E-state index contributed by atoms with van der Waals surface area (Å²) in [5.74, 6) is -0.392. The first-order chi connectivity index (χ1) is 14.2. The van der Waals surface area contributed by atoms with Crippen LogP contribution in [0.25, 0.3) is 11.1 Å². The van der Waals surface area contributed by atoms with Crippen LogP contribution in [0.15, 0.2) is 84.9 Å². The predicted molar refractivity (Wildman–Crippen MR) is 113 cm³/mol. The zero-order valence-corrected chi connectivity index (χ0v) is 16.2. The molecule has 0 heterocycles. The molecule has 5 heteroatoms. The van der Waals surface area contributed by atoms with Crippen molar-refractivity contribution in [2.75, 3.05) is 11.9 Å². The topological polar surface area (TPSA) is 64.6 Å². The van der Waals surface area contributed by atoms with Crippen LogP contribution in [0.3, 0.4) is 0 Å². The second-order valence-corrected chi connectivity index (χ2v) is 6.40. The van der Waals surface area contributed by atoms with Crippen LogP contribution in [0.5, 0.6) is 5.75 Å². The third-order valence-corrected chi connectivity index (χ3v) is 4.29. The highest BCUT2D eigenvalue weighted by Gasteiger charge is 2.21. The van der Waals surface area contributed by atoms with Gasteiger partial charge in [0.25, 0.3) is 5.91 Å². The van der Waals surface area contributed by atoms with Gasteiger partial charge in [0.2, 0.25) is 0 Å². The van der Waals surface area contributed by atoms with E-state index in [1.165, 1.54) is 0 Å². The molecule has 0 saturated heterocycles. The van der Waals surface area contributed by atoms with E-state index in [1.807, 2.05) is 79.7 Å². The number of ether oxygens (including phenoxy) is 2. The molecule has 29 heavy (non-hydrogen) atoms. The van der Waals surface area contributed by atoms with Crippen molar-refractivity contribution >= 4 is 17.6 Å². The van der Waals surface area contributed by atoms with Crippen LogP contribution in [-0.4, -0.2) is 24.6 Å². The van der Waals surface area contributed by atoms with Crippen LogP contribution >= 0.6 is 0 Å². The van der Waals surface area contributed by atoms with Gasteiger partial charge in [0.05, 0.1) is 0 Å². The highest BCUT2D eigenvalue weighted by molar-refractivity contribution is 5.97. The molecule has 0 aliphatic rings. The Morgan fingerprint density at radius 1 is 0.862 bits per heavy atom. The van der Waals surface area contributed by atoms with Crippen molar-refractivity contribution in [3.8, 4) is 16.9 Å². The number of carbonyl (C=O) groups excluding carboxylic acids is 2. The summed E-state index contributed by atoms with van der Waals surface area (Å²) in [6, 6.07) is 26.3. The minimum absolute atomic E-state index is 0.378. The summed E-state index contributed by atoms with van der Waals surface area (Å²) in [6.45, 7) is 1.45. The summed E-state index contributed by atoms with van der Waals surface area (Å²) >= 11 is 0. The number of hydrogen-bond donors (Lipinski definition) is 1. The van der Waals surface area contributed by atoms with E-state index >= 15 is 0 Å². The normalized spacial score (nSPS) is 11.3. The molecule has 1 amide bonds. The quantitative estimate of drug-likeness (QED) is 0.568. The second-order valence-electron chi connectivity index (χ2n) is 6.40. The van der Waals surface area contributed by atoms with Gasteiger partial charge in [-0.15, -0.1) is 0 Å². The highest BCUT2D eigenvalue weighted by atomic mass is 16.6. The first-order valence-corrected chi connectivity index (χ1v) is 9.50. The molecule has 1 atom stereocenters. The molecule has 3 rings (SSSR count). The van der Waals surface area contributed by atoms with E-state index in [0.717, 1.165) is 11.1 Å². The third kappa shape index (κ3) is 5.69. The molecule has 0 fully saturated rings. The summed E-state index contributed by atoms with van der Waals surface area (Å²) in [5, 5.41) is 2.81.